The fraction of sp³-hybridized carbons (Fsp3) is 0.278. The summed E-state index contributed by atoms with van der Waals surface area (Å²) in [6, 6.07) is 10.8. The van der Waals surface area contributed by atoms with Crippen molar-refractivity contribution in [2.45, 2.75) is 4.90 Å². The van der Waals surface area contributed by atoms with Crippen molar-refractivity contribution in [3.05, 3.63) is 68.3 Å². The average Bonchev–Trinajstić information content (AvgIpc) is 2.73. The van der Waals surface area contributed by atoms with Gasteiger partial charge in [-0.25, -0.2) is 0 Å². The predicted octanol–water partition coefficient (Wildman–Crippen LogP) is 3.19. The molecule has 0 spiro atoms. The van der Waals surface area contributed by atoms with Crippen LogP contribution in [-0.2, 0) is 0 Å². The number of carbonyl (C=O) groups is 1. The Bertz CT molecular complexity index is 911. The summed E-state index contributed by atoms with van der Waals surface area (Å²) < 4.78 is 0. The molecule has 0 aliphatic carbocycles. The highest BCUT2D eigenvalue weighted by atomic mass is 32.2. The zero-order valence-corrected chi connectivity index (χ0v) is 15.9. The molecule has 1 saturated heterocycles. The molecule has 0 bridgehead atoms. The number of rotatable bonds is 5. The van der Waals surface area contributed by atoms with E-state index in [4.69, 9.17) is 0 Å². The number of amides is 1. The second-order valence-electron chi connectivity index (χ2n) is 6.20. The Hall–Kier alpha value is -3.14. The van der Waals surface area contributed by atoms with Gasteiger partial charge < -0.3 is 9.80 Å². The first-order chi connectivity index (χ1) is 13.4. The van der Waals surface area contributed by atoms with E-state index in [1.54, 1.807) is 35.4 Å². The molecule has 1 fully saturated rings. The highest BCUT2D eigenvalue weighted by Crippen LogP contribution is 2.29. The third-order valence-electron chi connectivity index (χ3n) is 4.62. The van der Waals surface area contributed by atoms with Gasteiger partial charge in [0.2, 0.25) is 0 Å². The minimum atomic E-state index is -0.477. The summed E-state index contributed by atoms with van der Waals surface area (Å²) in [6.45, 7) is 2.09. The Morgan fingerprint density at radius 1 is 0.964 bits per heavy atom. The Balaban J connectivity index is 1.67. The van der Waals surface area contributed by atoms with E-state index in [1.807, 2.05) is 4.90 Å². The molecule has 28 heavy (non-hydrogen) atoms. The van der Waals surface area contributed by atoms with E-state index in [0.29, 0.717) is 36.6 Å². The largest absolute Gasteiger partial charge is 0.368 e. The van der Waals surface area contributed by atoms with Crippen molar-refractivity contribution in [1.82, 2.24) is 4.90 Å². The first-order valence-corrected chi connectivity index (χ1v) is 9.74. The summed E-state index contributed by atoms with van der Waals surface area (Å²) >= 11 is 1.27. The van der Waals surface area contributed by atoms with Crippen molar-refractivity contribution in [3.8, 4) is 0 Å². The zero-order valence-electron chi connectivity index (χ0n) is 15.1. The predicted molar refractivity (Wildman–Crippen MR) is 106 cm³/mol. The lowest BCUT2D eigenvalue weighted by atomic mass is 10.1. The Labute approximate surface area is 165 Å². The maximum absolute atomic E-state index is 12.7. The molecule has 0 aromatic heterocycles. The molecule has 1 aliphatic rings. The number of piperazine rings is 1. The van der Waals surface area contributed by atoms with Crippen LogP contribution in [-0.4, -0.2) is 53.1 Å². The number of nitro groups is 2. The van der Waals surface area contributed by atoms with Crippen molar-refractivity contribution in [3.63, 3.8) is 0 Å². The van der Waals surface area contributed by atoms with Crippen LogP contribution in [0, 0.1) is 20.2 Å². The summed E-state index contributed by atoms with van der Waals surface area (Å²) in [6.07, 6.45) is 1.75. The zero-order chi connectivity index (χ0) is 20.3. The van der Waals surface area contributed by atoms with E-state index in [1.165, 1.54) is 30.0 Å². The normalized spacial score (nSPS) is 14.0. The number of thioether (sulfide) groups is 1. The summed E-state index contributed by atoms with van der Waals surface area (Å²) in [5, 5.41) is 22.0. The number of benzene rings is 2. The molecule has 2 aromatic rings. The van der Waals surface area contributed by atoms with E-state index in [0.717, 1.165) is 5.69 Å². The van der Waals surface area contributed by atoms with Crippen LogP contribution in [0.1, 0.15) is 10.4 Å². The van der Waals surface area contributed by atoms with Crippen molar-refractivity contribution in [1.29, 1.82) is 0 Å². The van der Waals surface area contributed by atoms with E-state index < -0.39 is 9.85 Å². The van der Waals surface area contributed by atoms with E-state index in [-0.39, 0.29) is 17.3 Å². The number of anilines is 1. The molecule has 146 valence electrons. The number of hydrogen-bond donors (Lipinski definition) is 0. The molecule has 9 nitrogen and oxygen atoms in total. The quantitative estimate of drug-likeness (QED) is 0.429. The molecular weight excluding hydrogens is 384 g/mol. The molecule has 2 aromatic carbocycles. The molecule has 1 heterocycles. The summed E-state index contributed by atoms with van der Waals surface area (Å²) in [4.78, 5) is 38.0. The third kappa shape index (κ3) is 4.06. The van der Waals surface area contributed by atoms with Gasteiger partial charge in [-0.3, -0.25) is 25.0 Å². The van der Waals surface area contributed by atoms with Gasteiger partial charge >= 0.3 is 0 Å². The molecule has 1 amide bonds. The van der Waals surface area contributed by atoms with Crippen LogP contribution in [0.15, 0.2) is 47.4 Å². The summed E-state index contributed by atoms with van der Waals surface area (Å²) in [5.41, 5.74) is 1.13. The number of carbonyl (C=O) groups excluding carboxylic acids is 1. The van der Waals surface area contributed by atoms with Crippen molar-refractivity contribution in [2.24, 2.45) is 0 Å². The Kier molecular flexibility index (Phi) is 5.78. The van der Waals surface area contributed by atoms with Crippen LogP contribution in [0.3, 0.4) is 0 Å². The van der Waals surface area contributed by atoms with Crippen LogP contribution in [0.2, 0.25) is 0 Å². The number of nitro benzene ring substituents is 2. The van der Waals surface area contributed by atoms with E-state index in [2.05, 4.69) is 0 Å². The fourth-order valence-electron chi connectivity index (χ4n) is 3.10. The minimum Gasteiger partial charge on any atom is -0.368 e. The monoisotopic (exact) mass is 402 g/mol. The van der Waals surface area contributed by atoms with Gasteiger partial charge in [0.15, 0.2) is 0 Å². The van der Waals surface area contributed by atoms with Gasteiger partial charge in [0.1, 0.15) is 0 Å². The topological polar surface area (TPSA) is 110 Å². The maximum atomic E-state index is 12.7. The molecule has 0 saturated carbocycles. The molecule has 0 N–H and O–H groups in total. The van der Waals surface area contributed by atoms with Gasteiger partial charge in [-0.1, -0.05) is 0 Å². The van der Waals surface area contributed by atoms with Crippen LogP contribution < -0.4 is 4.90 Å². The van der Waals surface area contributed by atoms with Crippen molar-refractivity contribution < 1.29 is 14.6 Å². The highest BCUT2D eigenvalue weighted by molar-refractivity contribution is 7.98. The average molecular weight is 402 g/mol. The molecule has 0 unspecified atom stereocenters. The lowest BCUT2D eigenvalue weighted by Gasteiger charge is -2.36. The van der Waals surface area contributed by atoms with Crippen LogP contribution in [0.4, 0.5) is 17.1 Å². The lowest BCUT2D eigenvalue weighted by molar-refractivity contribution is -0.387. The molecule has 1 aliphatic heterocycles. The smallest absolute Gasteiger partial charge is 0.283 e. The van der Waals surface area contributed by atoms with Gasteiger partial charge in [0.05, 0.1) is 14.7 Å². The second-order valence-corrected chi connectivity index (χ2v) is 7.04. The third-order valence-corrected chi connectivity index (χ3v) is 5.40. The summed E-state index contributed by atoms with van der Waals surface area (Å²) in [5.74, 6) is -0.237. The van der Waals surface area contributed by atoms with Crippen molar-refractivity contribution in [2.75, 3.05) is 37.3 Å². The Morgan fingerprint density at radius 2 is 1.61 bits per heavy atom. The van der Waals surface area contributed by atoms with Gasteiger partial charge in [-0.05, 0) is 30.5 Å². The lowest BCUT2D eigenvalue weighted by Crippen LogP contribution is -2.48. The molecule has 0 radical (unpaired) electrons. The number of hydrogen-bond acceptors (Lipinski definition) is 7. The molecule has 3 rings (SSSR count). The maximum Gasteiger partial charge on any atom is 0.283 e. The second kappa shape index (κ2) is 8.26. The molecule has 0 atom stereocenters. The number of nitrogens with zero attached hydrogens (tertiary/aromatic N) is 4. The van der Waals surface area contributed by atoms with Crippen LogP contribution >= 0.6 is 11.8 Å². The van der Waals surface area contributed by atoms with Gasteiger partial charge in [-0.15, -0.1) is 11.8 Å². The fourth-order valence-corrected chi connectivity index (χ4v) is 3.65. The first kappa shape index (κ1) is 19.6. The van der Waals surface area contributed by atoms with E-state index in [9.17, 15) is 25.0 Å². The Morgan fingerprint density at radius 3 is 2.14 bits per heavy atom. The first-order valence-electron chi connectivity index (χ1n) is 8.52. The molecule has 10 heteroatoms. The van der Waals surface area contributed by atoms with E-state index >= 15 is 0 Å². The number of non-ortho nitro benzene ring substituents is 1. The molecular formula is C18H18N4O5S. The van der Waals surface area contributed by atoms with Gasteiger partial charge in [0, 0.05) is 55.6 Å². The van der Waals surface area contributed by atoms with Crippen LogP contribution in [0.25, 0.3) is 0 Å². The summed E-state index contributed by atoms with van der Waals surface area (Å²) in [7, 11) is 0. The van der Waals surface area contributed by atoms with Crippen LogP contribution in [0.5, 0.6) is 0 Å². The van der Waals surface area contributed by atoms with Crippen molar-refractivity contribution >= 4 is 34.7 Å². The standard InChI is InChI=1S/C18H18N4O5S/c1-28-17-7-2-13(12-16(17)22(26)27)18(23)20-10-8-19(9-11-20)14-3-5-15(6-4-14)21(24)25/h2-7,12H,8-11H2,1H3. The van der Waals surface area contributed by atoms with Gasteiger partial charge in [-0.2, -0.15) is 0 Å². The minimum absolute atomic E-state index is 0.0350. The highest BCUT2D eigenvalue weighted by Gasteiger charge is 2.25. The van der Waals surface area contributed by atoms with Gasteiger partial charge in [0.25, 0.3) is 17.3 Å². The SMILES string of the molecule is CSc1ccc(C(=O)N2CCN(c3ccc([N+](=O)[O-])cc3)CC2)cc1[N+](=O)[O-].